The third-order valence-electron chi connectivity index (χ3n) is 4.70. The zero-order valence-corrected chi connectivity index (χ0v) is 14.2. The van der Waals surface area contributed by atoms with Gasteiger partial charge in [0.15, 0.2) is 0 Å². The minimum atomic E-state index is -0.0696. The van der Waals surface area contributed by atoms with Crippen molar-refractivity contribution in [3.05, 3.63) is 29.8 Å². The molecular formula is C18H26N4O. The summed E-state index contributed by atoms with van der Waals surface area (Å²) in [6.07, 6.45) is 1.40. The number of hydrogen-bond acceptors (Lipinski definition) is 3. The molecule has 0 saturated carbocycles. The molecule has 1 fully saturated rings. The normalized spacial score (nSPS) is 21.5. The molecule has 1 aliphatic rings. The van der Waals surface area contributed by atoms with Crippen LogP contribution in [-0.4, -0.2) is 48.6 Å². The molecule has 124 valence electrons. The minimum Gasteiger partial charge on any atom is -0.324 e. The molecule has 1 heterocycles. The summed E-state index contributed by atoms with van der Waals surface area (Å²) in [5.41, 5.74) is 1.72. The lowest BCUT2D eigenvalue weighted by Gasteiger charge is -2.40. The molecule has 0 spiro atoms. The van der Waals surface area contributed by atoms with Crippen LogP contribution in [0.25, 0.3) is 0 Å². The van der Waals surface area contributed by atoms with Crippen LogP contribution in [0.3, 0.4) is 0 Å². The van der Waals surface area contributed by atoms with E-state index in [1.807, 2.05) is 36.2 Å². The lowest BCUT2D eigenvalue weighted by atomic mass is 9.93. The summed E-state index contributed by atoms with van der Waals surface area (Å²) >= 11 is 0. The molecule has 1 N–H and O–H groups in total. The average molecular weight is 314 g/mol. The predicted octanol–water partition coefficient (Wildman–Crippen LogP) is 2.95. The highest BCUT2D eigenvalue weighted by Gasteiger charge is 2.30. The molecule has 2 atom stereocenters. The second-order valence-electron chi connectivity index (χ2n) is 6.30. The van der Waals surface area contributed by atoms with Gasteiger partial charge in [-0.05, 0) is 36.6 Å². The van der Waals surface area contributed by atoms with E-state index >= 15 is 0 Å². The van der Waals surface area contributed by atoms with Crippen molar-refractivity contribution in [1.29, 1.82) is 5.26 Å². The lowest BCUT2D eigenvalue weighted by molar-refractivity contribution is 0.101. The van der Waals surface area contributed by atoms with E-state index in [9.17, 15) is 4.79 Å². The predicted molar refractivity (Wildman–Crippen MR) is 92.2 cm³/mol. The molecule has 1 saturated heterocycles. The molecule has 0 radical (unpaired) electrons. The minimum absolute atomic E-state index is 0.0696. The van der Waals surface area contributed by atoms with Crippen molar-refractivity contribution in [2.75, 3.05) is 32.0 Å². The number of anilines is 1. The van der Waals surface area contributed by atoms with Crippen LogP contribution in [0.1, 0.15) is 25.8 Å². The number of piperidine rings is 1. The van der Waals surface area contributed by atoms with Crippen molar-refractivity contribution in [2.45, 2.75) is 32.7 Å². The molecule has 2 amide bonds. The van der Waals surface area contributed by atoms with Gasteiger partial charge in [-0.3, -0.25) is 0 Å². The van der Waals surface area contributed by atoms with Crippen LogP contribution in [-0.2, 0) is 6.42 Å². The standard InChI is InChI=1S/C18H26N4O/c1-4-22-12-10-17(14(2)13-22)21(3)18(23)20-16-7-5-15(6-8-16)9-11-19/h5-8,14,17H,4,9-10,12-13H2,1-3H3,(H,20,23)/t14-,17+/m0/s1. The highest BCUT2D eigenvalue weighted by atomic mass is 16.2. The maximum atomic E-state index is 12.5. The van der Waals surface area contributed by atoms with Gasteiger partial charge in [-0.25, -0.2) is 4.79 Å². The van der Waals surface area contributed by atoms with E-state index in [4.69, 9.17) is 5.26 Å². The Balaban J connectivity index is 1.93. The number of rotatable bonds is 4. The van der Waals surface area contributed by atoms with Gasteiger partial charge in [0.2, 0.25) is 0 Å². The number of carbonyl (C=O) groups excluding carboxylic acids is 1. The van der Waals surface area contributed by atoms with Gasteiger partial charge in [0.05, 0.1) is 12.5 Å². The quantitative estimate of drug-likeness (QED) is 0.929. The SMILES string of the molecule is CCN1CC[C@@H](N(C)C(=O)Nc2ccc(CC#N)cc2)[C@@H](C)C1. The summed E-state index contributed by atoms with van der Waals surface area (Å²) in [6, 6.07) is 9.77. The van der Waals surface area contributed by atoms with Gasteiger partial charge in [-0.1, -0.05) is 26.0 Å². The second kappa shape index (κ2) is 7.98. The highest BCUT2D eigenvalue weighted by molar-refractivity contribution is 5.89. The lowest BCUT2D eigenvalue weighted by Crippen LogP contribution is -2.51. The van der Waals surface area contributed by atoms with Crippen molar-refractivity contribution in [2.24, 2.45) is 5.92 Å². The third-order valence-corrected chi connectivity index (χ3v) is 4.70. The Labute approximate surface area is 138 Å². The summed E-state index contributed by atoms with van der Waals surface area (Å²) < 4.78 is 0. The Hall–Kier alpha value is -2.06. The maximum absolute atomic E-state index is 12.5. The van der Waals surface area contributed by atoms with E-state index in [2.05, 4.69) is 30.1 Å². The summed E-state index contributed by atoms with van der Waals surface area (Å²) in [5.74, 6) is 0.470. The molecule has 0 unspecified atom stereocenters. The first-order valence-corrected chi connectivity index (χ1v) is 8.27. The van der Waals surface area contributed by atoms with Crippen molar-refractivity contribution < 1.29 is 4.79 Å². The number of urea groups is 1. The largest absolute Gasteiger partial charge is 0.324 e. The highest BCUT2D eigenvalue weighted by Crippen LogP contribution is 2.22. The molecule has 0 bridgehead atoms. The molecule has 2 rings (SSSR count). The summed E-state index contributed by atoms with van der Waals surface area (Å²) in [4.78, 5) is 16.7. The van der Waals surface area contributed by atoms with E-state index in [1.165, 1.54) is 0 Å². The molecule has 5 heteroatoms. The number of carbonyl (C=O) groups is 1. The fraction of sp³-hybridized carbons (Fsp3) is 0.556. The first kappa shape index (κ1) is 17.3. The number of nitrogens with one attached hydrogen (secondary N) is 1. The van der Waals surface area contributed by atoms with E-state index in [1.54, 1.807) is 0 Å². The zero-order chi connectivity index (χ0) is 16.8. The molecule has 0 aliphatic carbocycles. The van der Waals surface area contributed by atoms with Crippen LogP contribution in [0.2, 0.25) is 0 Å². The van der Waals surface area contributed by atoms with Gasteiger partial charge in [0.1, 0.15) is 0 Å². The zero-order valence-electron chi connectivity index (χ0n) is 14.2. The van der Waals surface area contributed by atoms with Gasteiger partial charge in [-0.2, -0.15) is 5.26 Å². The van der Waals surface area contributed by atoms with Crippen LogP contribution in [0, 0.1) is 17.2 Å². The fourth-order valence-electron chi connectivity index (χ4n) is 3.24. The number of nitriles is 1. The van der Waals surface area contributed by atoms with E-state index in [-0.39, 0.29) is 12.1 Å². The third kappa shape index (κ3) is 4.46. The smallest absolute Gasteiger partial charge is 0.321 e. The van der Waals surface area contributed by atoms with Crippen molar-refractivity contribution in [3.63, 3.8) is 0 Å². The molecule has 0 aromatic heterocycles. The van der Waals surface area contributed by atoms with Crippen LogP contribution in [0.5, 0.6) is 0 Å². The Morgan fingerprint density at radius 3 is 2.70 bits per heavy atom. The maximum Gasteiger partial charge on any atom is 0.321 e. The Bertz CT molecular complexity index is 563. The molecule has 23 heavy (non-hydrogen) atoms. The van der Waals surface area contributed by atoms with Crippen LogP contribution >= 0.6 is 0 Å². The number of hydrogen-bond donors (Lipinski definition) is 1. The number of nitrogens with zero attached hydrogens (tertiary/aromatic N) is 3. The van der Waals surface area contributed by atoms with Gasteiger partial charge in [0.25, 0.3) is 0 Å². The van der Waals surface area contributed by atoms with E-state index in [0.29, 0.717) is 12.3 Å². The van der Waals surface area contributed by atoms with Gasteiger partial charge in [-0.15, -0.1) is 0 Å². The van der Waals surface area contributed by atoms with Crippen molar-refractivity contribution in [1.82, 2.24) is 9.80 Å². The first-order valence-electron chi connectivity index (χ1n) is 8.27. The Morgan fingerprint density at radius 2 is 2.13 bits per heavy atom. The Kier molecular flexibility index (Phi) is 6.00. The van der Waals surface area contributed by atoms with Crippen molar-refractivity contribution >= 4 is 11.7 Å². The molecule has 1 aromatic carbocycles. The van der Waals surface area contributed by atoms with Gasteiger partial charge in [0, 0.05) is 31.9 Å². The number of likely N-dealkylation sites (tertiary alicyclic amines) is 1. The van der Waals surface area contributed by atoms with E-state index < -0.39 is 0 Å². The first-order chi connectivity index (χ1) is 11.0. The van der Waals surface area contributed by atoms with Gasteiger partial charge >= 0.3 is 6.03 Å². The second-order valence-corrected chi connectivity index (χ2v) is 6.30. The molecule has 1 aromatic rings. The molecular weight excluding hydrogens is 288 g/mol. The Morgan fingerprint density at radius 1 is 1.43 bits per heavy atom. The van der Waals surface area contributed by atoms with Crippen LogP contribution < -0.4 is 5.32 Å². The van der Waals surface area contributed by atoms with Gasteiger partial charge < -0.3 is 15.1 Å². The topological polar surface area (TPSA) is 59.4 Å². The summed E-state index contributed by atoms with van der Waals surface area (Å²) in [6.45, 7) is 7.56. The van der Waals surface area contributed by atoms with Crippen LogP contribution in [0.15, 0.2) is 24.3 Å². The summed E-state index contributed by atoms with van der Waals surface area (Å²) in [5, 5.41) is 11.6. The van der Waals surface area contributed by atoms with E-state index in [0.717, 1.165) is 37.3 Å². The number of amides is 2. The van der Waals surface area contributed by atoms with Crippen LogP contribution in [0.4, 0.5) is 10.5 Å². The number of benzene rings is 1. The molecule has 5 nitrogen and oxygen atoms in total. The monoisotopic (exact) mass is 314 g/mol. The fourth-order valence-corrected chi connectivity index (χ4v) is 3.24. The summed E-state index contributed by atoms with van der Waals surface area (Å²) in [7, 11) is 1.88. The average Bonchev–Trinajstić information content (AvgIpc) is 2.56. The molecule has 1 aliphatic heterocycles. The van der Waals surface area contributed by atoms with Crippen molar-refractivity contribution in [3.8, 4) is 6.07 Å².